The van der Waals surface area contributed by atoms with E-state index < -0.39 is 11.9 Å². The van der Waals surface area contributed by atoms with Crippen LogP contribution in [0.4, 0.5) is 0 Å². The highest BCUT2D eigenvalue weighted by Crippen LogP contribution is 2.24. The number of carbonyl (C=O) groups excluding carboxylic acids is 1. The summed E-state index contributed by atoms with van der Waals surface area (Å²) in [6, 6.07) is 9.18. The summed E-state index contributed by atoms with van der Waals surface area (Å²) in [4.78, 5) is 23.0. The lowest BCUT2D eigenvalue weighted by molar-refractivity contribution is 0.0660. The standard InChI is InChI=1S/C17H14N2O6/c1-9-11(6-15(24-9)17(22)23)8-18-16(21)13-7-14(25-19-13)10-3-2-4-12(20)5-10/h2-7,20H,8H2,1H3,(H,18,21)(H,22,23). The van der Waals surface area contributed by atoms with Crippen molar-refractivity contribution in [3.63, 3.8) is 0 Å². The number of phenolic OH excluding ortho intramolecular Hbond substituents is 1. The lowest BCUT2D eigenvalue weighted by atomic mass is 10.1. The van der Waals surface area contributed by atoms with E-state index in [4.69, 9.17) is 14.0 Å². The van der Waals surface area contributed by atoms with Crippen LogP contribution in [0.25, 0.3) is 11.3 Å². The summed E-state index contributed by atoms with van der Waals surface area (Å²) in [7, 11) is 0. The van der Waals surface area contributed by atoms with Gasteiger partial charge >= 0.3 is 5.97 Å². The van der Waals surface area contributed by atoms with Crippen LogP contribution >= 0.6 is 0 Å². The van der Waals surface area contributed by atoms with Crippen LogP contribution in [0.1, 0.15) is 32.4 Å². The monoisotopic (exact) mass is 342 g/mol. The number of nitrogens with zero attached hydrogens (tertiary/aromatic N) is 1. The maximum absolute atomic E-state index is 12.2. The zero-order chi connectivity index (χ0) is 18.0. The summed E-state index contributed by atoms with van der Waals surface area (Å²) in [5.41, 5.74) is 1.21. The van der Waals surface area contributed by atoms with Crippen LogP contribution < -0.4 is 5.32 Å². The number of aromatic hydroxyl groups is 1. The molecule has 0 aliphatic rings. The van der Waals surface area contributed by atoms with Gasteiger partial charge in [-0.3, -0.25) is 4.79 Å². The molecule has 128 valence electrons. The van der Waals surface area contributed by atoms with Gasteiger partial charge in [0.1, 0.15) is 11.5 Å². The quantitative estimate of drug-likeness (QED) is 0.650. The fourth-order valence-electron chi connectivity index (χ4n) is 2.24. The number of rotatable bonds is 5. The Morgan fingerprint density at radius 3 is 2.72 bits per heavy atom. The summed E-state index contributed by atoms with van der Waals surface area (Å²) < 4.78 is 10.2. The Kier molecular flexibility index (Phi) is 4.25. The number of furan rings is 1. The van der Waals surface area contributed by atoms with Crippen molar-refractivity contribution in [3.05, 3.63) is 59.2 Å². The minimum Gasteiger partial charge on any atom is -0.508 e. The van der Waals surface area contributed by atoms with E-state index in [0.29, 0.717) is 22.6 Å². The number of benzene rings is 1. The zero-order valence-corrected chi connectivity index (χ0v) is 13.1. The average Bonchev–Trinajstić information content (AvgIpc) is 3.20. The molecule has 0 aliphatic carbocycles. The van der Waals surface area contributed by atoms with Gasteiger partial charge in [-0.25, -0.2) is 4.79 Å². The average molecular weight is 342 g/mol. The molecule has 0 aliphatic heterocycles. The van der Waals surface area contributed by atoms with Crippen molar-refractivity contribution < 1.29 is 28.7 Å². The first-order valence-electron chi connectivity index (χ1n) is 7.31. The van der Waals surface area contributed by atoms with Crippen molar-refractivity contribution in [2.24, 2.45) is 0 Å². The number of phenols is 1. The van der Waals surface area contributed by atoms with Gasteiger partial charge in [0.15, 0.2) is 11.5 Å². The first-order chi connectivity index (χ1) is 11.9. The van der Waals surface area contributed by atoms with E-state index in [9.17, 15) is 14.7 Å². The Morgan fingerprint density at radius 2 is 2.04 bits per heavy atom. The summed E-state index contributed by atoms with van der Waals surface area (Å²) in [6.45, 7) is 1.71. The van der Waals surface area contributed by atoms with E-state index in [-0.39, 0.29) is 23.7 Å². The summed E-state index contributed by atoms with van der Waals surface area (Å²) >= 11 is 0. The van der Waals surface area contributed by atoms with E-state index in [1.807, 2.05) is 0 Å². The molecule has 0 saturated heterocycles. The third-order valence-corrected chi connectivity index (χ3v) is 3.54. The molecule has 0 fully saturated rings. The molecule has 0 spiro atoms. The van der Waals surface area contributed by atoms with Gasteiger partial charge in [-0.2, -0.15) is 0 Å². The van der Waals surface area contributed by atoms with Crippen LogP contribution in [-0.2, 0) is 6.54 Å². The zero-order valence-electron chi connectivity index (χ0n) is 13.1. The van der Waals surface area contributed by atoms with Gasteiger partial charge in [-0.05, 0) is 25.1 Å². The third kappa shape index (κ3) is 3.52. The van der Waals surface area contributed by atoms with Crippen molar-refractivity contribution in [1.29, 1.82) is 0 Å². The molecule has 3 aromatic rings. The maximum atomic E-state index is 12.2. The molecule has 3 N–H and O–H groups in total. The number of carboxylic acids is 1. The minimum absolute atomic E-state index is 0.0675. The van der Waals surface area contributed by atoms with Crippen molar-refractivity contribution in [2.75, 3.05) is 0 Å². The highest BCUT2D eigenvalue weighted by atomic mass is 16.5. The van der Waals surface area contributed by atoms with Gasteiger partial charge < -0.3 is 24.5 Å². The van der Waals surface area contributed by atoms with Gasteiger partial charge in [-0.1, -0.05) is 17.3 Å². The number of aromatic nitrogens is 1. The van der Waals surface area contributed by atoms with Crippen LogP contribution in [0, 0.1) is 6.92 Å². The molecule has 0 atom stereocenters. The molecule has 2 heterocycles. The molecule has 0 bridgehead atoms. The number of aryl methyl sites for hydroxylation is 1. The number of amides is 1. The Bertz CT molecular complexity index is 940. The second-order valence-corrected chi connectivity index (χ2v) is 5.31. The molecule has 0 radical (unpaired) electrons. The van der Waals surface area contributed by atoms with E-state index in [1.54, 1.807) is 19.1 Å². The number of aromatic carboxylic acids is 1. The maximum Gasteiger partial charge on any atom is 0.371 e. The van der Waals surface area contributed by atoms with Gasteiger partial charge in [0.05, 0.1) is 0 Å². The highest BCUT2D eigenvalue weighted by molar-refractivity contribution is 5.93. The van der Waals surface area contributed by atoms with Gasteiger partial charge in [0.25, 0.3) is 5.91 Å². The molecule has 1 amide bonds. The summed E-state index contributed by atoms with van der Waals surface area (Å²) in [6.07, 6.45) is 0. The molecule has 8 nitrogen and oxygen atoms in total. The predicted molar refractivity (Wildman–Crippen MR) is 85.2 cm³/mol. The molecule has 2 aromatic heterocycles. The van der Waals surface area contributed by atoms with Crippen LogP contribution in [0.2, 0.25) is 0 Å². The second kappa shape index (κ2) is 6.52. The molecule has 8 heteroatoms. The predicted octanol–water partition coefficient (Wildman–Crippen LogP) is 2.58. The minimum atomic E-state index is -1.17. The topological polar surface area (TPSA) is 126 Å². The van der Waals surface area contributed by atoms with Crippen LogP contribution in [0.3, 0.4) is 0 Å². The normalized spacial score (nSPS) is 10.6. The molecular formula is C17H14N2O6. The van der Waals surface area contributed by atoms with Crippen molar-refractivity contribution in [2.45, 2.75) is 13.5 Å². The molecule has 3 rings (SSSR count). The Balaban J connectivity index is 1.69. The fourth-order valence-corrected chi connectivity index (χ4v) is 2.24. The Labute approximate surface area is 141 Å². The van der Waals surface area contributed by atoms with Crippen LogP contribution in [-0.4, -0.2) is 27.2 Å². The summed E-state index contributed by atoms with van der Waals surface area (Å²) in [5, 5.41) is 24.7. The first-order valence-corrected chi connectivity index (χ1v) is 7.31. The van der Waals surface area contributed by atoms with E-state index in [0.717, 1.165) is 0 Å². The van der Waals surface area contributed by atoms with Crippen LogP contribution in [0.5, 0.6) is 5.75 Å². The molecule has 1 aromatic carbocycles. The van der Waals surface area contributed by atoms with E-state index in [1.165, 1.54) is 24.3 Å². The van der Waals surface area contributed by atoms with Gasteiger partial charge in [0, 0.05) is 23.7 Å². The Hall–Kier alpha value is -3.55. The lowest BCUT2D eigenvalue weighted by Crippen LogP contribution is -2.23. The van der Waals surface area contributed by atoms with E-state index >= 15 is 0 Å². The van der Waals surface area contributed by atoms with Crippen LogP contribution in [0.15, 0.2) is 45.3 Å². The molecule has 0 unspecified atom stereocenters. The van der Waals surface area contributed by atoms with Gasteiger partial charge in [0.2, 0.25) is 5.76 Å². The van der Waals surface area contributed by atoms with Gasteiger partial charge in [-0.15, -0.1) is 0 Å². The number of hydrogen-bond acceptors (Lipinski definition) is 6. The highest BCUT2D eigenvalue weighted by Gasteiger charge is 2.16. The largest absolute Gasteiger partial charge is 0.508 e. The Morgan fingerprint density at radius 1 is 1.24 bits per heavy atom. The summed E-state index contributed by atoms with van der Waals surface area (Å²) in [5.74, 6) is -1.01. The van der Waals surface area contributed by atoms with E-state index in [2.05, 4.69) is 10.5 Å². The smallest absolute Gasteiger partial charge is 0.371 e. The molecule has 0 saturated carbocycles. The second-order valence-electron chi connectivity index (χ2n) is 5.31. The van der Waals surface area contributed by atoms with Crippen molar-refractivity contribution in [3.8, 4) is 17.1 Å². The molecule has 25 heavy (non-hydrogen) atoms. The number of hydrogen-bond donors (Lipinski definition) is 3. The fraction of sp³-hybridized carbons (Fsp3) is 0.118. The third-order valence-electron chi connectivity index (χ3n) is 3.54. The van der Waals surface area contributed by atoms with Crippen molar-refractivity contribution in [1.82, 2.24) is 10.5 Å². The number of carboxylic acid groups (broad SMARTS) is 1. The lowest BCUT2D eigenvalue weighted by Gasteiger charge is -2.00. The number of nitrogens with one attached hydrogen (secondary N) is 1. The number of carbonyl (C=O) groups is 2. The SMILES string of the molecule is Cc1oc(C(=O)O)cc1CNC(=O)c1cc(-c2cccc(O)c2)on1. The first kappa shape index (κ1) is 16.3. The molecular weight excluding hydrogens is 328 g/mol. The van der Waals surface area contributed by atoms with Crippen molar-refractivity contribution >= 4 is 11.9 Å².